The molecule has 0 saturated carbocycles. The Kier molecular flexibility index (Phi) is 4.73. The number of aryl methyl sites for hydroxylation is 1. The minimum atomic E-state index is -0.208. The molecule has 0 aliphatic carbocycles. The van der Waals surface area contributed by atoms with Gasteiger partial charge in [0.25, 0.3) is 0 Å². The third kappa shape index (κ3) is 3.66. The lowest BCUT2D eigenvalue weighted by Crippen LogP contribution is -2.36. The first-order valence-electron chi connectivity index (χ1n) is 6.68. The van der Waals surface area contributed by atoms with Gasteiger partial charge in [0.05, 0.1) is 6.61 Å². The third-order valence-corrected chi connectivity index (χ3v) is 3.30. The molecule has 0 bridgehead atoms. The number of hydrogen-bond donors (Lipinski definition) is 1. The molecule has 0 spiro atoms. The lowest BCUT2D eigenvalue weighted by Gasteiger charge is -2.16. The van der Waals surface area contributed by atoms with Crippen molar-refractivity contribution in [2.45, 2.75) is 25.8 Å². The fraction of sp³-hybridized carbons (Fsp3) is 0.750. The molecule has 19 heavy (non-hydrogen) atoms. The average Bonchev–Trinajstić information content (AvgIpc) is 3.00. The van der Waals surface area contributed by atoms with Gasteiger partial charge in [0.2, 0.25) is 0 Å². The Bertz CT molecular complexity index is 420. The van der Waals surface area contributed by atoms with Crippen molar-refractivity contribution in [1.82, 2.24) is 25.0 Å². The molecule has 1 aromatic heterocycles. The van der Waals surface area contributed by atoms with E-state index in [4.69, 9.17) is 4.74 Å². The van der Waals surface area contributed by atoms with Crippen LogP contribution in [-0.2, 0) is 18.2 Å². The van der Waals surface area contributed by atoms with Gasteiger partial charge in [-0.2, -0.15) is 5.10 Å². The number of amides is 1. The third-order valence-electron chi connectivity index (χ3n) is 3.30. The molecule has 7 nitrogen and oxygen atoms in total. The van der Waals surface area contributed by atoms with Crippen LogP contribution in [0.25, 0.3) is 0 Å². The summed E-state index contributed by atoms with van der Waals surface area (Å²) in [6.07, 6.45) is 3.16. The summed E-state index contributed by atoms with van der Waals surface area (Å²) in [7, 11) is 1.89. The summed E-state index contributed by atoms with van der Waals surface area (Å²) in [6.45, 7) is 4.58. The molecule has 1 aliphatic heterocycles. The van der Waals surface area contributed by atoms with Crippen molar-refractivity contribution in [3.05, 3.63) is 12.2 Å². The van der Waals surface area contributed by atoms with Gasteiger partial charge >= 0.3 is 6.09 Å². The van der Waals surface area contributed by atoms with Crippen molar-refractivity contribution in [2.24, 2.45) is 7.05 Å². The SMILES string of the molecule is CCOC(=O)N1CC[C@@H](NCCc2ncnn2C)C1. The zero-order valence-electron chi connectivity index (χ0n) is 11.5. The Morgan fingerprint density at radius 1 is 1.63 bits per heavy atom. The number of likely N-dealkylation sites (tertiary alicyclic amines) is 1. The van der Waals surface area contributed by atoms with Gasteiger partial charge in [0, 0.05) is 39.1 Å². The van der Waals surface area contributed by atoms with E-state index in [0.717, 1.165) is 38.3 Å². The van der Waals surface area contributed by atoms with Crippen LogP contribution in [0.2, 0.25) is 0 Å². The molecule has 0 aromatic carbocycles. The van der Waals surface area contributed by atoms with Crippen LogP contribution in [0, 0.1) is 0 Å². The molecular formula is C12H21N5O2. The maximum atomic E-state index is 11.6. The summed E-state index contributed by atoms with van der Waals surface area (Å²) < 4.78 is 6.77. The molecular weight excluding hydrogens is 246 g/mol. The molecule has 2 heterocycles. The maximum absolute atomic E-state index is 11.6. The molecule has 106 valence electrons. The zero-order chi connectivity index (χ0) is 13.7. The molecule has 1 fully saturated rings. The summed E-state index contributed by atoms with van der Waals surface area (Å²) in [4.78, 5) is 17.5. The minimum absolute atomic E-state index is 0.208. The molecule has 1 N–H and O–H groups in total. The van der Waals surface area contributed by atoms with Crippen molar-refractivity contribution in [3.63, 3.8) is 0 Å². The first-order valence-corrected chi connectivity index (χ1v) is 6.68. The second-order valence-corrected chi connectivity index (χ2v) is 4.63. The minimum Gasteiger partial charge on any atom is -0.450 e. The number of aromatic nitrogens is 3. The second kappa shape index (κ2) is 6.51. The lowest BCUT2D eigenvalue weighted by atomic mass is 10.2. The highest BCUT2D eigenvalue weighted by Gasteiger charge is 2.26. The maximum Gasteiger partial charge on any atom is 0.409 e. The summed E-state index contributed by atoms with van der Waals surface area (Å²) >= 11 is 0. The van der Waals surface area contributed by atoms with E-state index in [1.807, 2.05) is 14.0 Å². The molecule has 0 unspecified atom stereocenters. The Hall–Kier alpha value is -1.63. The quantitative estimate of drug-likeness (QED) is 0.824. The average molecular weight is 267 g/mol. The highest BCUT2D eigenvalue weighted by molar-refractivity contribution is 5.68. The highest BCUT2D eigenvalue weighted by Crippen LogP contribution is 2.10. The fourth-order valence-corrected chi connectivity index (χ4v) is 2.24. The zero-order valence-corrected chi connectivity index (χ0v) is 11.5. The number of carbonyl (C=O) groups excluding carboxylic acids is 1. The summed E-state index contributed by atoms with van der Waals surface area (Å²) in [5.41, 5.74) is 0. The van der Waals surface area contributed by atoms with E-state index in [0.29, 0.717) is 12.6 Å². The number of nitrogens with zero attached hydrogens (tertiary/aromatic N) is 4. The fourth-order valence-electron chi connectivity index (χ4n) is 2.24. The van der Waals surface area contributed by atoms with Crippen LogP contribution in [-0.4, -0.2) is 58.0 Å². The monoisotopic (exact) mass is 267 g/mol. The van der Waals surface area contributed by atoms with Crippen LogP contribution < -0.4 is 5.32 Å². The van der Waals surface area contributed by atoms with Crippen LogP contribution in [0.5, 0.6) is 0 Å². The summed E-state index contributed by atoms with van der Waals surface area (Å²) in [5.74, 6) is 0.966. The van der Waals surface area contributed by atoms with E-state index >= 15 is 0 Å². The Balaban J connectivity index is 1.68. The van der Waals surface area contributed by atoms with E-state index in [2.05, 4.69) is 15.4 Å². The highest BCUT2D eigenvalue weighted by atomic mass is 16.6. The second-order valence-electron chi connectivity index (χ2n) is 4.63. The van der Waals surface area contributed by atoms with Gasteiger partial charge in [0.15, 0.2) is 0 Å². The van der Waals surface area contributed by atoms with Gasteiger partial charge in [-0.3, -0.25) is 4.68 Å². The first kappa shape index (κ1) is 13.8. The van der Waals surface area contributed by atoms with Gasteiger partial charge < -0.3 is 15.0 Å². The molecule has 7 heteroatoms. The number of carbonyl (C=O) groups is 1. The van der Waals surface area contributed by atoms with Gasteiger partial charge in [-0.25, -0.2) is 9.78 Å². The van der Waals surface area contributed by atoms with Crippen molar-refractivity contribution in [1.29, 1.82) is 0 Å². The molecule has 1 aromatic rings. The van der Waals surface area contributed by atoms with Gasteiger partial charge in [-0.1, -0.05) is 0 Å². The predicted molar refractivity (Wildman–Crippen MR) is 69.7 cm³/mol. The molecule has 1 saturated heterocycles. The van der Waals surface area contributed by atoms with Gasteiger partial charge in [0.1, 0.15) is 12.2 Å². The van der Waals surface area contributed by atoms with Gasteiger partial charge in [-0.15, -0.1) is 0 Å². The Labute approximate surface area is 112 Å². The summed E-state index contributed by atoms with van der Waals surface area (Å²) in [6, 6.07) is 0.345. The predicted octanol–water partition coefficient (Wildman–Crippen LogP) is 0.178. The van der Waals surface area contributed by atoms with E-state index < -0.39 is 0 Å². The molecule has 1 aliphatic rings. The van der Waals surface area contributed by atoms with Crippen molar-refractivity contribution in [2.75, 3.05) is 26.2 Å². The lowest BCUT2D eigenvalue weighted by molar-refractivity contribution is 0.115. The molecule has 2 rings (SSSR count). The van der Waals surface area contributed by atoms with Crippen molar-refractivity contribution >= 4 is 6.09 Å². The first-order chi connectivity index (χ1) is 9.20. The summed E-state index contributed by atoms with van der Waals surface area (Å²) in [5, 5.41) is 7.47. The smallest absolute Gasteiger partial charge is 0.409 e. The van der Waals surface area contributed by atoms with Crippen LogP contribution in [0.3, 0.4) is 0 Å². The number of nitrogens with one attached hydrogen (secondary N) is 1. The topological polar surface area (TPSA) is 72.3 Å². The number of rotatable bonds is 5. The van der Waals surface area contributed by atoms with Crippen molar-refractivity contribution in [3.8, 4) is 0 Å². The molecule has 1 atom stereocenters. The standard InChI is InChI=1S/C12H21N5O2/c1-3-19-12(18)17-7-5-10(8-17)13-6-4-11-14-9-15-16(11)2/h9-10,13H,3-8H2,1-2H3/t10-/m1/s1. The number of hydrogen-bond acceptors (Lipinski definition) is 5. The van der Waals surface area contributed by atoms with Crippen LogP contribution in [0.15, 0.2) is 6.33 Å². The van der Waals surface area contributed by atoms with Crippen LogP contribution in [0.1, 0.15) is 19.2 Å². The van der Waals surface area contributed by atoms with E-state index in [1.54, 1.807) is 15.9 Å². The Morgan fingerprint density at radius 2 is 2.47 bits per heavy atom. The Morgan fingerprint density at radius 3 is 3.16 bits per heavy atom. The van der Waals surface area contributed by atoms with Crippen LogP contribution in [0.4, 0.5) is 4.79 Å². The van der Waals surface area contributed by atoms with Crippen LogP contribution >= 0.6 is 0 Å². The molecule has 0 radical (unpaired) electrons. The van der Waals surface area contributed by atoms with Crippen molar-refractivity contribution < 1.29 is 9.53 Å². The van der Waals surface area contributed by atoms with Gasteiger partial charge in [-0.05, 0) is 13.3 Å². The largest absolute Gasteiger partial charge is 0.450 e. The number of ether oxygens (including phenoxy) is 1. The van der Waals surface area contributed by atoms with E-state index in [9.17, 15) is 4.79 Å². The normalized spacial score (nSPS) is 18.8. The van der Waals surface area contributed by atoms with E-state index in [-0.39, 0.29) is 6.09 Å². The molecule has 1 amide bonds. The van der Waals surface area contributed by atoms with E-state index in [1.165, 1.54) is 0 Å².